The summed E-state index contributed by atoms with van der Waals surface area (Å²) in [5.41, 5.74) is 1.04. The Hall–Kier alpha value is -2.41. The molecule has 0 radical (unpaired) electrons. The van der Waals surface area contributed by atoms with Gasteiger partial charge in [-0.25, -0.2) is 12.8 Å². The van der Waals surface area contributed by atoms with E-state index < -0.39 is 26.5 Å². The molecule has 24 heavy (non-hydrogen) atoms. The number of anilines is 2. The summed E-state index contributed by atoms with van der Waals surface area (Å²) in [7, 11) is -3.53. The van der Waals surface area contributed by atoms with E-state index in [1.165, 1.54) is 42.5 Å². The van der Waals surface area contributed by atoms with Crippen molar-refractivity contribution < 1.29 is 17.6 Å². The minimum Gasteiger partial charge on any atom is -0.322 e. The van der Waals surface area contributed by atoms with Crippen molar-refractivity contribution in [2.24, 2.45) is 0 Å². The molecule has 0 unspecified atom stereocenters. The SMILES string of the molecule is CC(C)(C)S(=O)(=O)Nc1ccc(C(=O)Nc2cccc(F)c2)cc1. The van der Waals surface area contributed by atoms with Gasteiger partial charge in [0.1, 0.15) is 5.82 Å². The Bertz CT molecular complexity index is 841. The van der Waals surface area contributed by atoms with Crippen LogP contribution in [0.4, 0.5) is 15.8 Å². The first-order valence-corrected chi connectivity index (χ1v) is 8.76. The van der Waals surface area contributed by atoms with Gasteiger partial charge in [0.2, 0.25) is 10.0 Å². The zero-order valence-electron chi connectivity index (χ0n) is 13.6. The van der Waals surface area contributed by atoms with E-state index in [0.717, 1.165) is 0 Å². The molecule has 0 aromatic heterocycles. The standard InChI is InChI=1S/C17H19FN2O3S/c1-17(2,3)24(22,23)20-14-9-7-12(8-10-14)16(21)19-15-6-4-5-13(18)11-15/h4-11,20H,1-3H3,(H,19,21). The topological polar surface area (TPSA) is 75.3 Å². The molecule has 2 rings (SSSR count). The van der Waals surface area contributed by atoms with Crippen LogP contribution in [-0.4, -0.2) is 19.1 Å². The third-order valence-electron chi connectivity index (χ3n) is 3.29. The fourth-order valence-electron chi connectivity index (χ4n) is 1.77. The van der Waals surface area contributed by atoms with Crippen LogP contribution in [0.5, 0.6) is 0 Å². The van der Waals surface area contributed by atoms with E-state index >= 15 is 0 Å². The van der Waals surface area contributed by atoms with Crippen LogP contribution in [0.2, 0.25) is 0 Å². The second kappa shape index (κ2) is 6.60. The number of hydrogen-bond acceptors (Lipinski definition) is 3. The van der Waals surface area contributed by atoms with Crippen LogP contribution in [0.15, 0.2) is 48.5 Å². The average Bonchev–Trinajstić information content (AvgIpc) is 2.46. The van der Waals surface area contributed by atoms with Crippen molar-refractivity contribution in [2.45, 2.75) is 25.5 Å². The Morgan fingerprint density at radius 3 is 2.17 bits per heavy atom. The summed E-state index contributed by atoms with van der Waals surface area (Å²) in [5.74, 6) is -0.856. The molecule has 7 heteroatoms. The fourth-order valence-corrected chi connectivity index (χ4v) is 2.52. The molecule has 1 amide bonds. The predicted molar refractivity (Wildman–Crippen MR) is 93.1 cm³/mol. The quantitative estimate of drug-likeness (QED) is 0.884. The lowest BCUT2D eigenvalue weighted by atomic mass is 10.2. The van der Waals surface area contributed by atoms with Crippen LogP contribution >= 0.6 is 0 Å². The van der Waals surface area contributed by atoms with Crippen molar-refractivity contribution in [1.82, 2.24) is 0 Å². The third-order valence-corrected chi connectivity index (χ3v) is 5.40. The summed E-state index contributed by atoms with van der Waals surface area (Å²) < 4.78 is 38.8. The highest BCUT2D eigenvalue weighted by Crippen LogP contribution is 2.20. The number of carbonyl (C=O) groups is 1. The van der Waals surface area contributed by atoms with Gasteiger partial charge in [-0.15, -0.1) is 0 Å². The molecule has 0 saturated carbocycles. The summed E-state index contributed by atoms with van der Waals surface area (Å²) in [6.45, 7) is 4.78. The van der Waals surface area contributed by atoms with Gasteiger partial charge < -0.3 is 5.32 Å². The van der Waals surface area contributed by atoms with Gasteiger partial charge in [0.25, 0.3) is 5.91 Å². The largest absolute Gasteiger partial charge is 0.322 e. The van der Waals surface area contributed by atoms with Crippen molar-refractivity contribution in [2.75, 3.05) is 10.0 Å². The van der Waals surface area contributed by atoms with Crippen molar-refractivity contribution in [1.29, 1.82) is 0 Å². The number of carbonyl (C=O) groups excluding carboxylic acids is 1. The molecule has 0 spiro atoms. The monoisotopic (exact) mass is 350 g/mol. The smallest absolute Gasteiger partial charge is 0.255 e. The van der Waals surface area contributed by atoms with Gasteiger partial charge in [-0.05, 0) is 63.2 Å². The molecule has 0 aliphatic carbocycles. The molecule has 0 fully saturated rings. The Kier molecular flexibility index (Phi) is 4.94. The Morgan fingerprint density at radius 2 is 1.62 bits per heavy atom. The third kappa shape index (κ3) is 4.32. The molecule has 128 valence electrons. The molecular formula is C17H19FN2O3S. The van der Waals surface area contributed by atoms with Crippen LogP contribution in [0.25, 0.3) is 0 Å². The molecular weight excluding hydrogens is 331 g/mol. The molecule has 0 saturated heterocycles. The van der Waals surface area contributed by atoms with Crippen LogP contribution in [0.3, 0.4) is 0 Å². The van der Waals surface area contributed by atoms with Gasteiger partial charge >= 0.3 is 0 Å². The molecule has 0 heterocycles. The van der Waals surface area contributed by atoms with Gasteiger partial charge in [0.15, 0.2) is 0 Å². The summed E-state index contributed by atoms with van der Waals surface area (Å²) >= 11 is 0. The second-order valence-electron chi connectivity index (χ2n) is 6.26. The van der Waals surface area contributed by atoms with Gasteiger partial charge in [-0.3, -0.25) is 9.52 Å². The lowest BCUT2D eigenvalue weighted by Crippen LogP contribution is -2.33. The Morgan fingerprint density at radius 1 is 1.00 bits per heavy atom. The van der Waals surface area contributed by atoms with Crippen molar-refractivity contribution in [3.8, 4) is 0 Å². The van der Waals surface area contributed by atoms with E-state index in [1.54, 1.807) is 26.8 Å². The van der Waals surface area contributed by atoms with E-state index in [0.29, 0.717) is 16.9 Å². The number of halogens is 1. The first-order chi connectivity index (χ1) is 11.1. The number of sulfonamides is 1. The van der Waals surface area contributed by atoms with Crippen LogP contribution in [0, 0.1) is 5.82 Å². The Labute approximate surface area is 141 Å². The second-order valence-corrected chi connectivity index (χ2v) is 8.70. The number of benzene rings is 2. The molecule has 5 nitrogen and oxygen atoms in total. The van der Waals surface area contributed by atoms with E-state index in [4.69, 9.17) is 0 Å². The first kappa shape index (κ1) is 17.9. The maximum Gasteiger partial charge on any atom is 0.255 e. The van der Waals surface area contributed by atoms with Crippen LogP contribution < -0.4 is 10.0 Å². The average molecular weight is 350 g/mol. The number of nitrogens with one attached hydrogen (secondary N) is 2. The summed E-state index contributed by atoms with van der Waals surface area (Å²) in [5, 5.41) is 2.57. The highest BCUT2D eigenvalue weighted by molar-refractivity contribution is 7.94. The zero-order valence-corrected chi connectivity index (χ0v) is 14.4. The van der Waals surface area contributed by atoms with E-state index in [9.17, 15) is 17.6 Å². The first-order valence-electron chi connectivity index (χ1n) is 7.28. The lowest BCUT2D eigenvalue weighted by Gasteiger charge is -2.20. The fraction of sp³-hybridized carbons (Fsp3) is 0.235. The van der Waals surface area contributed by atoms with Gasteiger partial charge in [0.05, 0.1) is 4.75 Å². The summed E-state index contributed by atoms with van der Waals surface area (Å²) in [6, 6.07) is 11.6. The molecule has 2 aromatic rings. The van der Waals surface area contributed by atoms with E-state index in [2.05, 4.69) is 10.0 Å². The highest BCUT2D eigenvalue weighted by atomic mass is 32.2. The van der Waals surface area contributed by atoms with Crippen molar-refractivity contribution >= 4 is 27.3 Å². The molecule has 2 N–H and O–H groups in total. The molecule has 0 atom stereocenters. The van der Waals surface area contributed by atoms with E-state index in [-0.39, 0.29) is 0 Å². The maximum absolute atomic E-state index is 13.1. The molecule has 0 aliphatic heterocycles. The molecule has 0 bridgehead atoms. The number of hydrogen-bond donors (Lipinski definition) is 2. The van der Waals surface area contributed by atoms with Gasteiger partial charge in [-0.2, -0.15) is 0 Å². The Balaban J connectivity index is 2.10. The van der Waals surface area contributed by atoms with Crippen LogP contribution in [-0.2, 0) is 10.0 Å². The normalized spacial score (nSPS) is 11.8. The van der Waals surface area contributed by atoms with Gasteiger partial charge in [0, 0.05) is 16.9 Å². The number of amides is 1. The van der Waals surface area contributed by atoms with Crippen molar-refractivity contribution in [3.63, 3.8) is 0 Å². The highest BCUT2D eigenvalue weighted by Gasteiger charge is 2.28. The van der Waals surface area contributed by atoms with Gasteiger partial charge in [-0.1, -0.05) is 6.07 Å². The minimum atomic E-state index is -3.53. The zero-order chi connectivity index (χ0) is 18.0. The van der Waals surface area contributed by atoms with Crippen LogP contribution in [0.1, 0.15) is 31.1 Å². The summed E-state index contributed by atoms with van der Waals surface area (Å²) in [4.78, 5) is 12.1. The number of rotatable bonds is 4. The maximum atomic E-state index is 13.1. The van der Waals surface area contributed by atoms with E-state index in [1.807, 2.05) is 0 Å². The molecule has 2 aromatic carbocycles. The predicted octanol–water partition coefficient (Wildman–Crippen LogP) is 3.62. The minimum absolute atomic E-state index is 0.331. The van der Waals surface area contributed by atoms with Crippen molar-refractivity contribution in [3.05, 3.63) is 59.9 Å². The summed E-state index contributed by atoms with van der Waals surface area (Å²) in [6.07, 6.45) is 0. The lowest BCUT2D eigenvalue weighted by molar-refractivity contribution is 0.102. The molecule has 0 aliphatic rings.